The highest BCUT2D eigenvalue weighted by molar-refractivity contribution is 5.85. The van der Waals surface area contributed by atoms with E-state index < -0.39 is 0 Å². The molecular formula is C7H6ClFN2. The van der Waals surface area contributed by atoms with Crippen molar-refractivity contribution in [3.05, 3.63) is 30.3 Å². The van der Waals surface area contributed by atoms with Crippen LogP contribution in [0.4, 0.5) is 4.39 Å². The number of aromatic amines is 1. The van der Waals surface area contributed by atoms with Crippen molar-refractivity contribution < 1.29 is 4.39 Å². The number of nitrogens with zero attached hydrogens (tertiary/aromatic N) is 1. The smallest absolute Gasteiger partial charge is 0.151 e. The van der Waals surface area contributed by atoms with Crippen molar-refractivity contribution in [3.8, 4) is 0 Å². The summed E-state index contributed by atoms with van der Waals surface area (Å²) in [4.78, 5) is 6.60. The van der Waals surface area contributed by atoms with Gasteiger partial charge in [0.15, 0.2) is 5.82 Å². The second-order valence-electron chi connectivity index (χ2n) is 2.04. The first-order valence-electron chi connectivity index (χ1n) is 2.95. The molecule has 0 bridgehead atoms. The Bertz CT molecular complexity index is 358. The Balaban J connectivity index is 0.000000605. The Morgan fingerprint density at radius 2 is 2.18 bits per heavy atom. The van der Waals surface area contributed by atoms with Gasteiger partial charge in [-0.05, 0) is 12.1 Å². The molecule has 2 rings (SSSR count). The first-order chi connectivity index (χ1) is 4.88. The summed E-state index contributed by atoms with van der Waals surface area (Å²) in [6, 6.07) is 4.82. The minimum Gasteiger partial charge on any atom is -0.345 e. The molecule has 1 aromatic carbocycles. The largest absolute Gasteiger partial charge is 0.345 e. The van der Waals surface area contributed by atoms with E-state index in [2.05, 4.69) is 9.97 Å². The average molecular weight is 173 g/mol. The van der Waals surface area contributed by atoms with Crippen LogP contribution in [0.2, 0.25) is 0 Å². The van der Waals surface area contributed by atoms with E-state index in [-0.39, 0.29) is 18.2 Å². The lowest BCUT2D eigenvalue weighted by molar-refractivity contribution is 0.637. The zero-order valence-corrected chi connectivity index (χ0v) is 6.36. The Morgan fingerprint density at radius 1 is 1.36 bits per heavy atom. The maximum Gasteiger partial charge on any atom is 0.151 e. The predicted molar refractivity (Wildman–Crippen MR) is 43.3 cm³/mol. The molecule has 0 aliphatic heterocycles. The Morgan fingerprint density at radius 3 is 2.91 bits per heavy atom. The molecule has 0 spiro atoms. The molecule has 0 aliphatic rings. The maximum atomic E-state index is 12.7. The van der Waals surface area contributed by atoms with Crippen LogP contribution in [0.25, 0.3) is 11.0 Å². The molecule has 4 heteroatoms. The summed E-state index contributed by atoms with van der Waals surface area (Å²) in [7, 11) is 0. The fourth-order valence-electron chi connectivity index (χ4n) is 0.929. The zero-order chi connectivity index (χ0) is 6.97. The van der Waals surface area contributed by atoms with Gasteiger partial charge in [0.05, 0.1) is 11.8 Å². The lowest BCUT2D eigenvalue weighted by Crippen LogP contribution is -1.74. The fraction of sp³-hybridized carbons (Fsp3) is 0. The molecule has 2 nitrogen and oxygen atoms in total. The van der Waals surface area contributed by atoms with Crippen LogP contribution in [0.5, 0.6) is 0 Å². The molecule has 0 amide bonds. The third-order valence-electron chi connectivity index (χ3n) is 1.40. The van der Waals surface area contributed by atoms with Crippen molar-refractivity contribution in [1.29, 1.82) is 0 Å². The number of nitrogens with one attached hydrogen (secondary N) is 1. The Hall–Kier alpha value is -1.09. The summed E-state index contributed by atoms with van der Waals surface area (Å²) in [5.74, 6) is -0.279. The van der Waals surface area contributed by atoms with Gasteiger partial charge in [-0.1, -0.05) is 6.07 Å². The van der Waals surface area contributed by atoms with Crippen LogP contribution in [-0.2, 0) is 0 Å². The summed E-state index contributed by atoms with van der Waals surface area (Å²) >= 11 is 0. The third kappa shape index (κ3) is 1.19. The monoisotopic (exact) mass is 172 g/mol. The van der Waals surface area contributed by atoms with Crippen LogP contribution < -0.4 is 0 Å². The van der Waals surface area contributed by atoms with Crippen molar-refractivity contribution in [1.82, 2.24) is 9.97 Å². The number of aromatic nitrogens is 2. The van der Waals surface area contributed by atoms with Gasteiger partial charge in [0.1, 0.15) is 5.52 Å². The summed E-state index contributed by atoms with van der Waals surface area (Å²) < 4.78 is 12.7. The molecule has 0 saturated heterocycles. The van der Waals surface area contributed by atoms with Gasteiger partial charge >= 0.3 is 0 Å². The standard InChI is InChI=1S/C7H5FN2.ClH/c8-5-2-1-3-6-7(5)10-4-9-6;/h1-4H,(H,9,10);1H. The average Bonchev–Trinajstić information content (AvgIpc) is 2.36. The molecule has 0 aliphatic carbocycles. The van der Waals surface area contributed by atoms with Crippen LogP contribution in [0.1, 0.15) is 0 Å². The molecule has 0 unspecified atom stereocenters. The van der Waals surface area contributed by atoms with E-state index in [1.165, 1.54) is 12.4 Å². The molecule has 58 valence electrons. The van der Waals surface area contributed by atoms with Gasteiger partial charge in [-0.3, -0.25) is 0 Å². The lowest BCUT2D eigenvalue weighted by Gasteiger charge is -1.86. The fourth-order valence-corrected chi connectivity index (χ4v) is 0.929. The van der Waals surface area contributed by atoms with Gasteiger partial charge in [-0.25, -0.2) is 9.37 Å². The van der Waals surface area contributed by atoms with Crippen molar-refractivity contribution in [3.63, 3.8) is 0 Å². The number of hydrogen-bond acceptors (Lipinski definition) is 1. The number of H-pyrrole nitrogens is 1. The highest BCUT2D eigenvalue weighted by Gasteiger charge is 1.99. The van der Waals surface area contributed by atoms with Crippen LogP contribution >= 0.6 is 12.4 Å². The molecule has 1 heterocycles. The second-order valence-corrected chi connectivity index (χ2v) is 2.04. The first kappa shape index (κ1) is 8.01. The molecule has 1 N–H and O–H groups in total. The number of fused-ring (bicyclic) bond motifs is 1. The first-order valence-corrected chi connectivity index (χ1v) is 2.95. The summed E-state index contributed by atoms with van der Waals surface area (Å²) in [6.07, 6.45) is 1.48. The molecular weight excluding hydrogens is 167 g/mol. The molecule has 0 radical (unpaired) electrons. The molecule has 2 aromatic rings. The van der Waals surface area contributed by atoms with Crippen molar-refractivity contribution >= 4 is 23.4 Å². The van der Waals surface area contributed by atoms with Gasteiger partial charge in [-0.15, -0.1) is 12.4 Å². The van der Waals surface area contributed by atoms with Gasteiger partial charge in [0, 0.05) is 0 Å². The van der Waals surface area contributed by atoms with Crippen molar-refractivity contribution in [2.75, 3.05) is 0 Å². The molecule has 0 atom stereocenters. The van der Waals surface area contributed by atoms with E-state index in [9.17, 15) is 4.39 Å². The zero-order valence-electron chi connectivity index (χ0n) is 5.54. The van der Waals surface area contributed by atoms with Gasteiger partial charge in [0.25, 0.3) is 0 Å². The highest BCUT2D eigenvalue weighted by atomic mass is 35.5. The minimum absolute atomic E-state index is 0. The summed E-state index contributed by atoms with van der Waals surface area (Å²) in [5, 5.41) is 0. The second kappa shape index (κ2) is 2.88. The van der Waals surface area contributed by atoms with E-state index in [1.54, 1.807) is 12.1 Å². The number of benzene rings is 1. The highest BCUT2D eigenvalue weighted by Crippen LogP contribution is 2.11. The topological polar surface area (TPSA) is 28.7 Å². The van der Waals surface area contributed by atoms with Gasteiger partial charge < -0.3 is 4.98 Å². The van der Waals surface area contributed by atoms with Crippen molar-refractivity contribution in [2.45, 2.75) is 0 Å². The number of para-hydroxylation sites is 1. The van der Waals surface area contributed by atoms with Crippen LogP contribution in [0, 0.1) is 5.82 Å². The normalized spacial score (nSPS) is 9.55. The number of hydrogen-bond donors (Lipinski definition) is 1. The van der Waals surface area contributed by atoms with Gasteiger partial charge in [-0.2, -0.15) is 0 Å². The molecule has 1 aromatic heterocycles. The number of halogens is 2. The van der Waals surface area contributed by atoms with Crippen LogP contribution in [-0.4, -0.2) is 9.97 Å². The number of imidazole rings is 1. The van der Waals surface area contributed by atoms with E-state index >= 15 is 0 Å². The molecule has 0 saturated carbocycles. The lowest BCUT2D eigenvalue weighted by atomic mass is 10.3. The van der Waals surface area contributed by atoms with E-state index in [1.807, 2.05) is 0 Å². The summed E-state index contributed by atoms with van der Waals surface area (Å²) in [5.41, 5.74) is 1.14. The van der Waals surface area contributed by atoms with Crippen LogP contribution in [0.3, 0.4) is 0 Å². The van der Waals surface area contributed by atoms with E-state index in [0.29, 0.717) is 5.52 Å². The quantitative estimate of drug-likeness (QED) is 0.648. The third-order valence-corrected chi connectivity index (χ3v) is 1.40. The Kier molecular flexibility index (Phi) is 2.10. The minimum atomic E-state index is -0.279. The van der Waals surface area contributed by atoms with Gasteiger partial charge in [0.2, 0.25) is 0 Å². The Labute approximate surface area is 68.9 Å². The van der Waals surface area contributed by atoms with E-state index in [0.717, 1.165) is 5.52 Å². The molecule has 0 fully saturated rings. The summed E-state index contributed by atoms with van der Waals surface area (Å²) in [6.45, 7) is 0. The number of rotatable bonds is 0. The van der Waals surface area contributed by atoms with E-state index in [4.69, 9.17) is 0 Å². The van der Waals surface area contributed by atoms with Crippen LogP contribution in [0.15, 0.2) is 24.5 Å². The SMILES string of the molecule is Cl.Fc1cccc2[nH]cnc12. The van der Waals surface area contributed by atoms with Crippen molar-refractivity contribution in [2.24, 2.45) is 0 Å². The predicted octanol–water partition coefficient (Wildman–Crippen LogP) is 2.12. The molecule has 11 heavy (non-hydrogen) atoms. The maximum absolute atomic E-state index is 12.7.